The highest BCUT2D eigenvalue weighted by atomic mass is 35.5. The summed E-state index contributed by atoms with van der Waals surface area (Å²) >= 11 is 7.06. The number of carbonyl (C=O) groups excluding carboxylic acids is 4. The van der Waals surface area contributed by atoms with Crippen LogP contribution in [0.4, 0.5) is 0 Å². The van der Waals surface area contributed by atoms with Gasteiger partial charge in [-0.1, -0.05) is 49.8 Å². The second-order valence-corrected chi connectivity index (χ2v) is 12.0. The van der Waals surface area contributed by atoms with E-state index < -0.39 is 35.6 Å². The van der Waals surface area contributed by atoms with Crippen LogP contribution >= 0.6 is 22.9 Å². The first-order chi connectivity index (χ1) is 19.8. The fourth-order valence-electron chi connectivity index (χ4n) is 5.83. The minimum atomic E-state index is -0.985. The lowest BCUT2D eigenvalue weighted by atomic mass is 9.84. The van der Waals surface area contributed by atoms with Crippen molar-refractivity contribution >= 4 is 57.3 Å². The molecular formula is C29H34ClN5O5S. The first-order valence-corrected chi connectivity index (χ1v) is 15.3. The molecule has 3 atom stereocenters. The molecule has 2 aromatic heterocycles. The van der Waals surface area contributed by atoms with Gasteiger partial charge in [0.2, 0.25) is 17.6 Å². The summed E-state index contributed by atoms with van der Waals surface area (Å²) < 4.78 is 5.42. The zero-order chi connectivity index (χ0) is 28.9. The third-order valence-corrected chi connectivity index (χ3v) is 9.19. The number of ether oxygens (including phenoxy) is 1. The van der Waals surface area contributed by atoms with Gasteiger partial charge in [-0.2, -0.15) is 0 Å². The predicted octanol–water partition coefficient (Wildman–Crippen LogP) is 4.25. The molecule has 4 N–H and O–H groups in total. The van der Waals surface area contributed by atoms with Crippen molar-refractivity contribution in [3.63, 3.8) is 0 Å². The number of amides is 3. The van der Waals surface area contributed by atoms with Crippen molar-refractivity contribution in [1.29, 1.82) is 0 Å². The number of H-pyrrole nitrogens is 1. The average molecular weight is 600 g/mol. The van der Waals surface area contributed by atoms with Gasteiger partial charge >= 0.3 is 0 Å². The van der Waals surface area contributed by atoms with Crippen LogP contribution in [0.25, 0.3) is 10.9 Å². The number of aromatic nitrogens is 2. The number of methoxy groups -OCH3 is 1. The molecular weight excluding hydrogens is 566 g/mol. The Bertz CT molecular complexity index is 1430. The molecule has 12 heteroatoms. The smallest absolute Gasteiger partial charge is 0.268 e. The van der Waals surface area contributed by atoms with Gasteiger partial charge in [0.05, 0.1) is 13.2 Å². The van der Waals surface area contributed by atoms with E-state index in [1.165, 1.54) is 0 Å². The zero-order valence-corrected chi connectivity index (χ0v) is 24.4. The number of aromatic amines is 1. The van der Waals surface area contributed by atoms with Gasteiger partial charge in [0, 0.05) is 28.7 Å². The molecule has 5 rings (SSSR count). The summed E-state index contributed by atoms with van der Waals surface area (Å²) in [5.74, 6) is -0.937. The maximum Gasteiger partial charge on any atom is 0.268 e. The minimum Gasteiger partial charge on any atom is -0.496 e. The topological polar surface area (TPSA) is 142 Å². The van der Waals surface area contributed by atoms with Crippen LogP contribution in [0, 0.1) is 11.8 Å². The van der Waals surface area contributed by atoms with Crippen molar-refractivity contribution in [2.75, 3.05) is 13.7 Å². The van der Waals surface area contributed by atoms with Crippen LogP contribution in [-0.2, 0) is 9.59 Å². The predicted molar refractivity (Wildman–Crippen MR) is 156 cm³/mol. The molecule has 41 heavy (non-hydrogen) atoms. The largest absolute Gasteiger partial charge is 0.496 e. The monoisotopic (exact) mass is 599 g/mol. The summed E-state index contributed by atoms with van der Waals surface area (Å²) in [5.41, 5.74) is 1.05. The summed E-state index contributed by atoms with van der Waals surface area (Å²) in [6.07, 6.45) is 6.44. The Balaban J connectivity index is 1.37. The third kappa shape index (κ3) is 6.90. The van der Waals surface area contributed by atoms with Crippen LogP contribution in [-0.4, -0.2) is 59.2 Å². The molecule has 3 heterocycles. The highest BCUT2D eigenvalue weighted by molar-refractivity contribution is 7.12. The molecule has 218 valence electrons. The molecule has 0 bridgehead atoms. The fraction of sp³-hybridized carbons (Fsp3) is 0.483. The van der Waals surface area contributed by atoms with Crippen LogP contribution < -0.4 is 20.7 Å². The minimum absolute atomic E-state index is 0.138. The van der Waals surface area contributed by atoms with Gasteiger partial charge in [-0.15, -0.1) is 11.3 Å². The van der Waals surface area contributed by atoms with E-state index in [0.717, 1.165) is 54.3 Å². The normalized spacial score (nSPS) is 19.0. The van der Waals surface area contributed by atoms with Gasteiger partial charge in [0.25, 0.3) is 5.91 Å². The molecule has 1 unspecified atom stereocenters. The number of Topliss-reactive ketones (excluding diaryl/α,β-unsaturated/α-hetero) is 1. The van der Waals surface area contributed by atoms with Crippen LogP contribution in [0.1, 0.15) is 71.7 Å². The molecule has 1 saturated heterocycles. The standard InChI is InChI=1S/C29H34ClN5O5S/c1-40-23-9-5-8-19-18(23)14-22(32-19)28(39)34-21(12-16-6-3-2-4-7-16)27(38)33-20(13-17-10-11-31-26(17)37)25(36)29-35-24(30)15-41-29/h5,8-9,14-17,20-21,32H,2-4,6-7,10-13H2,1H3,(H,31,37)(H,33,38)(H,34,39)/t17-,20?,21-/m0/s1. The molecule has 1 aliphatic carbocycles. The third-order valence-electron chi connectivity index (χ3n) is 8.01. The van der Waals surface area contributed by atoms with Crippen molar-refractivity contribution in [3.05, 3.63) is 45.5 Å². The Hall–Kier alpha value is -3.44. The molecule has 3 amide bonds. The second kappa shape index (κ2) is 13.0. The van der Waals surface area contributed by atoms with E-state index in [1.54, 1.807) is 18.6 Å². The summed E-state index contributed by atoms with van der Waals surface area (Å²) in [6, 6.07) is 5.34. The van der Waals surface area contributed by atoms with Crippen molar-refractivity contribution < 1.29 is 23.9 Å². The molecule has 2 aliphatic rings. The number of fused-ring (bicyclic) bond motifs is 1. The SMILES string of the molecule is COc1cccc2[nH]c(C(=O)N[C@@H](CC3CCCCC3)C(=O)NC(C[C@@H]3CCNC3=O)C(=O)c3nc(Cl)cs3)cc12. The molecule has 1 aliphatic heterocycles. The summed E-state index contributed by atoms with van der Waals surface area (Å²) in [7, 11) is 1.57. The lowest BCUT2D eigenvalue weighted by Gasteiger charge is -2.28. The molecule has 0 spiro atoms. The highest BCUT2D eigenvalue weighted by Crippen LogP contribution is 2.29. The Morgan fingerprint density at radius 1 is 1.12 bits per heavy atom. The van der Waals surface area contributed by atoms with E-state index in [9.17, 15) is 19.2 Å². The van der Waals surface area contributed by atoms with Gasteiger partial charge in [-0.05, 0) is 43.4 Å². The van der Waals surface area contributed by atoms with Gasteiger partial charge in [-0.25, -0.2) is 4.98 Å². The Labute approximate surface area is 247 Å². The number of hydrogen-bond acceptors (Lipinski definition) is 7. The number of hydrogen-bond donors (Lipinski definition) is 4. The molecule has 10 nitrogen and oxygen atoms in total. The molecule has 1 saturated carbocycles. The first-order valence-electron chi connectivity index (χ1n) is 14.0. The van der Waals surface area contributed by atoms with Crippen molar-refractivity contribution in [3.8, 4) is 5.75 Å². The number of rotatable bonds is 11. The van der Waals surface area contributed by atoms with E-state index >= 15 is 0 Å². The van der Waals surface area contributed by atoms with E-state index in [1.807, 2.05) is 18.2 Å². The van der Waals surface area contributed by atoms with E-state index in [4.69, 9.17) is 16.3 Å². The summed E-state index contributed by atoms with van der Waals surface area (Å²) in [6.45, 7) is 0.525. The van der Waals surface area contributed by atoms with Crippen LogP contribution in [0.3, 0.4) is 0 Å². The maximum absolute atomic E-state index is 13.8. The number of benzene rings is 1. The Kier molecular flexibility index (Phi) is 9.24. The summed E-state index contributed by atoms with van der Waals surface area (Å²) in [5, 5.41) is 11.3. The van der Waals surface area contributed by atoms with Crippen LogP contribution in [0.5, 0.6) is 5.75 Å². The van der Waals surface area contributed by atoms with E-state index in [0.29, 0.717) is 30.8 Å². The average Bonchev–Trinajstić information content (AvgIpc) is 3.72. The molecule has 1 aromatic carbocycles. The second-order valence-electron chi connectivity index (χ2n) is 10.8. The quantitative estimate of drug-likeness (QED) is 0.243. The molecule has 2 fully saturated rings. The zero-order valence-electron chi connectivity index (χ0n) is 22.8. The van der Waals surface area contributed by atoms with E-state index in [-0.39, 0.29) is 28.4 Å². The fourth-order valence-corrected chi connectivity index (χ4v) is 6.77. The van der Waals surface area contributed by atoms with Gasteiger partial charge in [-0.3, -0.25) is 19.2 Å². The lowest BCUT2D eigenvalue weighted by Crippen LogP contribution is -2.53. The van der Waals surface area contributed by atoms with Gasteiger partial charge in [0.15, 0.2) is 5.01 Å². The van der Waals surface area contributed by atoms with Gasteiger partial charge < -0.3 is 25.7 Å². The first kappa shape index (κ1) is 29.1. The van der Waals surface area contributed by atoms with Crippen molar-refractivity contribution in [2.24, 2.45) is 11.8 Å². The summed E-state index contributed by atoms with van der Waals surface area (Å²) in [4.78, 5) is 60.2. The molecule has 0 radical (unpaired) electrons. The van der Waals surface area contributed by atoms with Crippen molar-refractivity contribution in [2.45, 2.75) is 63.5 Å². The maximum atomic E-state index is 13.8. The number of nitrogens with zero attached hydrogens (tertiary/aromatic N) is 1. The number of carbonyl (C=O) groups is 4. The number of thiazole rings is 1. The van der Waals surface area contributed by atoms with E-state index in [2.05, 4.69) is 25.9 Å². The highest BCUT2D eigenvalue weighted by Gasteiger charge is 2.35. The van der Waals surface area contributed by atoms with Gasteiger partial charge in [0.1, 0.15) is 22.6 Å². The molecule has 3 aromatic rings. The van der Waals surface area contributed by atoms with Crippen LogP contribution in [0.15, 0.2) is 29.6 Å². The van der Waals surface area contributed by atoms with Crippen molar-refractivity contribution in [1.82, 2.24) is 25.9 Å². The number of ketones is 1. The van der Waals surface area contributed by atoms with Crippen LogP contribution in [0.2, 0.25) is 5.15 Å². The lowest BCUT2D eigenvalue weighted by molar-refractivity contribution is -0.125. The Morgan fingerprint density at radius 3 is 2.61 bits per heavy atom. The number of halogens is 1. The Morgan fingerprint density at radius 2 is 1.93 bits per heavy atom. The number of nitrogens with one attached hydrogen (secondary N) is 4.